The molecule has 1 aliphatic rings. The van der Waals surface area contributed by atoms with Crippen molar-refractivity contribution < 1.29 is 9.90 Å². The minimum Gasteiger partial charge on any atom is -0.480 e. The van der Waals surface area contributed by atoms with E-state index >= 15 is 0 Å². The van der Waals surface area contributed by atoms with E-state index in [0.29, 0.717) is 18.8 Å². The van der Waals surface area contributed by atoms with E-state index in [-0.39, 0.29) is 0 Å². The summed E-state index contributed by atoms with van der Waals surface area (Å²) in [6, 6.07) is 9.80. The Morgan fingerprint density at radius 1 is 1.27 bits per heavy atom. The minimum absolute atomic E-state index is 0.567. The molecule has 1 aromatic carbocycles. The van der Waals surface area contributed by atoms with E-state index in [9.17, 15) is 9.90 Å². The van der Waals surface area contributed by atoms with Gasteiger partial charge in [-0.2, -0.15) is 0 Å². The summed E-state index contributed by atoms with van der Waals surface area (Å²) in [5.74, 6) is -0.0707. The summed E-state index contributed by atoms with van der Waals surface area (Å²) in [5, 5.41) is 9.44. The molecule has 2 heterocycles. The number of likely N-dealkylation sites (tertiary alicyclic amines) is 1. The van der Waals surface area contributed by atoms with E-state index in [2.05, 4.69) is 9.97 Å². The highest BCUT2D eigenvalue weighted by molar-refractivity contribution is 5.78. The van der Waals surface area contributed by atoms with Crippen molar-refractivity contribution in [3.63, 3.8) is 0 Å². The summed E-state index contributed by atoms with van der Waals surface area (Å²) >= 11 is 0. The first-order chi connectivity index (χ1) is 10.6. The Kier molecular flexibility index (Phi) is 3.90. The van der Waals surface area contributed by atoms with E-state index in [1.54, 1.807) is 19.3 Å². The number of carboxylic acid groups (broad SMARTS) is 1. The van der Waals surface area contributed by atoms with Gasteiger partial charge in [-0.25, -0.2) is 9.97 Å². The van der Waals surface area contributed by atoms with Crippen molar-refractivity contribution in [3.8, 4) is 11.4 Å². The van der Waals surface area contributed by atoms with Crippen molar-refractivity contribution in [1.29, 1.82) is 0 Å². The molecule has 1 N–H and O–H groups in total. The van der Waals surface area contributed by atoms with Crippen molar-refractivity contribution in [2.45, 2.75) is 31.8 Å². The molecule has 1 aliphatic heterocycles. The highest BCUT2D eigenvalue weighted by Crippen LogP contribution is 2.30. The standard InChI is InChI=1S/C17H19N3O2/c1-17(16(21)22)8-5-9-20(17)12-13-10-18-15(19-11-13)14-6-3-2-4-7-14/h2-4,6-7,10-11H,5,8-9,12H2,1H3,(H,21,22). The van der Waals surface area contributed by atoms with Gasteiger partial charge < -0.3 is 5.11 Å². The average Bonchev–Trinajstić information content (AvgIpc) is 2.91. The van der Waals surface area contributed by atoms with Gasteiger partial charge in [0.15, 0.2) is 5.82 Å². The van der Waals surface area contributed by atoms with Crippen LogP contribution in [0.2, 0.25) is 0 Å². The van der Waals surface area contributed by atoms with Crippen LogP contribution in [0.1, 0.15) is 25.3 Å². The number of hydrogen-bond acceptors (Lipinski definition) is 4. The van der Waals surface area contributed by atoms with E-state index in [1.807, 2.05) is 35.2 Å². The maximum absolute atomic E-state index is 11.5. The van der Waals surface area contributed by atoms with Crippen LogP contribution in [-0.2, 0) is 11.3 Å². The number of aliphatic carboxylic acids is 1. The Morgan fingerprint density at radius 3 is 2.59 bits per heavy atom. The van der Waals surface area contributed by atoms with Crippen molar-refractivity contribution >= 4 is 5.97 Å². The lowest BCUT2D eigenvalue weighted by atomic mass is 9.99. The number of benzene rings is 1. The third kappa shape index (κ3) is 2.72. The fourth-order valence-electron chi connectivity index (χ4n) is 2.91. The van der Waals surface area contributed by atoms with Crippen LogP contribution >= 0.6 is 0 Å². The number of hydrogen-bond donors (Lipinski definition) is 1. The minimum atomic E-state index is -0.780. The second-order valence-electron chi connectivity index (χ2n) is 5.89. The predicted molar refractivity (Wildman–Crippen MR) is 83.2 cm³/mol. The Labute approximate surface area is 129 Å². The summed E-state index contributed by atoms with van der Waals surface area (Å²) in [6.45, 7) is 3.16. The lowest BCUT2D eigenvalue weighted by Gasteiger charge is -2.30. The smallest absolute Gasteiger partial charge is 0.323 e. The third-order valence-corrected chi connectivity index (χ3v) is 4.36. The second kappa shape index (κ2) is 5.85. The first kappa shape index (κ1) is 14.7. The second-order valence-corrected chi connectivity index (χ2v) is 5.89. The molecule has 0 spiro atoms. The maximum Gasteiger partial charge on any atom is 0.323 e. The van der Waals surface area contributed by atoms with Gasteiger partial charge in [-0.1, -0.05) is 30.3 Å². The van der Waals surface area contributed by atoms with Crippen molar-refractivity contribution in [2.24, 2.45) is 0 Å². The number of aromatic nitrogens is 2. The van der Waals surface area contributed by atoms with Crippen molar-refractivity contribution in [3.05, 3.63) is 48.3 Å². The molecule has 5 nitrogen and oxygen atoms in total. The number of carbonyl (C=O) groups is 1. The molecule has 0 amide bonds. The summed E-state index contributed by atoms with van der Waals surface area (Å²) in [5.41, 5.74) is 1.14. The molecule has 114 valence electrons. The van der Waals surface area contributed by atoms with Crippen molar-refractivity contribution in [2.75, 3.05) is 6.54 Å². The van der Waals surface area contributed by atoms with Crippen LogP contribution in [-0.4, -0.2) is 38.0 Å². The molecule has 1 saturated heterocycles. The van der Waals surface area contributed by atoms with E-state index < -0.39 is 11.5 Å². The summed E-state index contributed by atoms with van der Waals surface area (Å²) in [6.07, 6.45) is 5.17. The van der Waals surface area contributed by atoms with Gasteiger partial charge in [0.1, 0.15) is 5.54 Å². The number of nitrogens with zero attached hydrogens (tertiary/aromatic N) is 3. The molecule has 0 radical (unpaired) electrons. The number of rotatable bonds is 4. The normalized spacial score (nSPS) is 21.9. The monoisotopic (exact) mass is 297 g/mol. The van der Waals surface area contributed by atoms with Gasteiger partial charge in [0.2, 0.25) is 0 Å². The third-order valence-electron chi connectivity index (χ3n) is 4.36. The lowest BCUT2D eigenvalue weighted by Crippen LogP contribution is -2.47. The molecule has 1 unspecified atom stereocenters. The Balaban J connectivity index is 1.76. The number of carboxylic acids is 1. The van der Waals surface area contributed by atoms with E-state index in [0.717, 1.165) is 24.1 Å². The van der Waals surface area contributed by atoms with Gasteiger partial charge in [-0.3, -0.25) is 9.69 Å². The molecule has 1 aromatic heterocycles. The Hall–Kier alpha value is -2.27. The van der Waals surface area contributed by atoms with Crippen LogP contribution in [0.3, 0.4) is 0 Å². The van der Waals surface area contributed by atoms with Crippen molar-refractivity contribution in [1.82, 2.24) is 14.9 Å². The predicted octanol–water partition coefficient (Wildman–Crippen LogP) is 2.58. The molecule has 0 aliphatic carbocycles. The van der Waals surface area contributed by atoms with Crippen LogP contribution in [0.5, 0.6) is 0 Å². The fraction of sp³-hybridized carbons (Fsp3) is 0.353. The van der Waals surface area contributed by atoms with Gasteiger partial charge in [0, 0.05) is 30.1 Å². The SMILES string of the molecule is CC1(C(=O)O)CCCN1Cc1cnc(-c2ccccc2)nc1. The maximum atomic E-state index is 11.5. The van der Waals surface area contributed by atoms with Gasteiger partial charge >= 0.3 is 5.97 Å². The summed E-state index contributed by atoms with van der Waals surface area (Å²) in [7, 11) is 0. The largest absolute Gasteiger partial charge is 0.480 e. The topological polar surface area (TPSA) is 66.3 Å². The van der Waals surface area contributed by atoms with Gasteiger partial charge in [0.05, 0.1) is 0 Å². The van der Waals surface area contributed by atoms with E-state index in [1.165, 1.54) is 0 Å². The highest BCUT2D eigenvalue weighted by atomic mass is 16.4. The first-order valence-electron chi connectivity index (χ1n) is 7.44. The summed E-state index contributed by atoms with van der Waals surface area (Å²) < 4.78 is 0. The molecule has 0 bridgehead atoms. The quantitative estimate of drug-likeness (QED) is 0.939. The van der Waals surface area contributed by atoms with Crippen LogP contribution < -0.4 is 0 Å². The molecule has 2 aromatic rings. The van der Waals surface area contributed by atoms with Gasteiger partial charge in [-0.15, -0.1) is 0 Å². The Morgan fingerprint density at radius 2 is 1.95 bits per heavy atom. The Bertz CT molecular complexity index is 657. The zero-order valence-electron chi connectivity index (χ0n) is 12.6. The molecule has 5 heteroatoms. The first-order valence-corrected chi connectivity index (χ1v) is 7.44. The molecular weight excluding hydrogens is 278 g/mol. The average molecular weight is 297 g/mol. The molecule has 3 rings (SSSR count). The molecule has 0 saturated carbocycles. The van der Waals surface area contributed by atoms with Gasteiger partial charge in [-0.05, 0) is 26.3 Å². The lowest BCUT2D eigenvalue weighted by molar-refractivity contribution is -0.148. The fourth-order valence-corrected chi connectivity index (χ4v) is 2.91. The molecule has 22 heavy (non-hydrogen) atoms. The zero-order chi connectivity index (χ0) is 15.6. The highest BCUT2D eigenvalue weighted by Gasteiger charge is 2.43. The van der Waals surface area contributed by atoms with Crippen LogP contribution in [0.15, 0.2) is 42.7 Å². The van der Waals surface area contributed by atoms with E-state index in [4.69, 9.17) is 0 Å². The van der Waals surface area contributed by atoms with Gasteiger partial charge in [0.25, 0.3) is 0 Å². The summed E-state index contributed by atoms with van der Waals surface area (Å²) in [4.78, 5) is 22.3. The van der Waals surface area contributed by atoms with Crippen LogP contribution in [0.4, 0.5) is 0 Å². The van der Waals surface area contributed by atoms with Crippen LogP contribution in [0.25, 0.3) is 11.4 Å². The molecule has 1 fully saturated rings. The van der Waals surface area contributed by atoms with Crippen LogP contribution in [0, 0.1) is 0 Å². The molecule has 1 atom stereocenters. The molecular formula is C17H19N3O2. The zero-order valence-corrected chi connectivity index (χ0v) is 12.6.